The molecule has 4 heteroatoms. The van der Waals surface area contributed by atoms with Crippen molar-refractivity contribution in [2.45, 2.75) is 31.4 Å². The lowest BCUT2D eigenvalue weighted by Crippen LogP contribution is -2.44. The number of nitrogens with one attached hydrogen (secondary N) is 1. The molecule has 1 saturated heterocycles. The number of carbonyl (C=O) groups excluding carboxylic acids is 1. The number of hydrogen-bond donors (Lipinski definition) is 1. The predicted molar refractivity (Wildman–Crippen MR) is 79.6 cm³/mol. The zero-order chi connectivity index (χ0) is 14.4. The molecular weight excluding hydrogens is 252 g/mol. The van der Waals surface area contributed by atoms with Crippen LogP contribution in [0.4, 0.5) is 0 Å². The van der Waals surface area contributed by atoms with Gasteiger partial charge < -0.3 is 15.0 Å². The minimum absolute atomic E-state index is 0.0300. The molecule has 4 nitrogen and oxygen atoms in total. The minimum atomic E-state index is -0.241. The first-order valence-corrected chi connectivity index (χ1v) is 7.26. The molecule has 0 bridgehead atoms. The third-order valence-corrected chi connectivity index (χ3v) is 3.78. The molecule has 1 aliphatic rings. The Morgan fingerprint density at radius 2 is 2.15 bits per heavy atom. The van der Waals surface area contributed by atoms with Gasteiger partial charge in [0.1, 0.15) is 6.10 Å². The van der Waals surface area contributed by atoms with Crippen LogP contribution in [0.1, 0.15) is 18.4 Å². The van der Waals surface area contributed by atoms with Crippen molar-refractivity contribution in [1.29, 1.82) is 0 Å². The van der Waals surface area contributed by atoms with Crippen molar-refractivity contribution in [3.8, 4) is 0 Å². The van der Waals surface area contributed by atoms with E-state index in [0.29, 0.717) is 19.2 Å². The first kappa shape index (κ1) is 15.0. The van der Waals surface area contributed by atoms with Crippen molar-refractivity contribution in [3.05, 3.63) is 35.9 Å². The Labute approximate surface area is 121 Å². The first-order chi connectivity index (χ1) is 9.66. The van der Waals surface area contributed by atoms with E-state index >= 15 is 0 Å². The first-order valence-electron chi connectivity index (χ1n) is 7.26. The highest BCUT2D eigenvalue weighted by molar-refractivity contribution is 5.80. The summed E-state index contributed by atoms with van der Waals surface area (Å²) in [5.74, 6) is 0.0300. The fraction of sp³-hybridized carbons (Fsp3) is 0.562. The van der Waals surface area contributed by atoms with Gasteiger partial charge in [-0.05, 0) is 38.9 Å². The number of ether oxygens (including phenoxy) is 1. The highest BCUT2D eigenvalue weighted by atomic mass is 16.5. The molecule has 1 aromatic carbocycles. The minimum Gasteiger partial charge on any atom is -0.368 e. The average Bonchev–Trinajstić information content (AvgIpc) is 2.98. The summed E-state index contributed by atoms with van der Waals surface area (Å²) in [4.78, 5) is 14.1. The molecule has 1 heterocycles. The van der Waals surface area contributed by atoms with E-state index in [9.17, 15) is 4.79 Å². The van der Waals surface area contributed by atoms with Crippen molar-refractivity contribution in [3.63, 3.8) is 0 Å². The lowest BCUT2D eigenvalue weighted by molar-refractivity contribution is -0.130. The van der Waals surface area contributed by atoms with Gasteiger partial charge in [0, 0.05) is 19.2 Å². The van der Waals surface area contributed by atoms with Gasteiger partial charge in [-0.1, -0.05) is 30.3 Å². The molecule has 2 atom stereocenters. The molecule has 1 amide bonds. The molecule has 0 aliphatic carbocycles. The van der Waals surface area contributed by atoms with E-state index in [0.717, 1.165) is 19.3 Å². The smallest absolute Gasteiger partial charge is 0.249 e. The van der Waals surface area contributed by atoms with Gasteiger partial charge in [0.25, 0.3) is 0 Å². The zero-order valence-corrected chi connectivity index (χ0v) is 12.3. The van der Waals surface area contributed by atoms with Gasteiger partial charge >= 0.3 is 0 Å². The molecule has 1 aliphatic heterocycles. The Bertz CT molecular complexity index is 414. The van der Waals surface area contributed by atoms with Crippen LogP contribution >= 0.6 is 0 Å². The Hall–Kier alpha value is -1.39. The van der Waals surface area contributed by atoms with Crippen LogP contribution in [-0.2, 0) is 16.0 Å². The molecule has 0 aromatic heterocycles. The van der Waals surface area contributed by atoms with E-state index < -0.39 is 0 Å². The summed E-state index contributed by atoms with van der Waals surface area (Å²) in [6.45, 7) is 1.36. The van der Waals surface area contributed by atoms with Gasteiger partial charge in [0.05, 0.1) is 0 Å². The summed E-state index contributed by atoms with van der Waals surface area (Å²) in [6.07, 6.45) is 2.52. The monoisotopic (exact) mass is 276 g/mol. The van der Waals surface area contributed by atoms with Gasteiger partial charge in [-0.2, -0.15) is 0 Å². The summed E-state index contributed by atoms with van der Waals surface area (Å²) in [6, 6.07) is 10.7. The normalized spacial score (nSPS) is 20.1. The molecule has 110 valence electrons. The van der Waals surface area contributed by atoms with E-state index in [2.05, 4.69) is 22.3 Å². The number of hydrogen-bond acceptors (Lipinski definition) is 3. The maximum Gasteiger partial charge on any atom is 0.249 e. The maximum atomic E-state index is 12.0. The van der Waals surface area contributed by atoms with Gasteiger partial charge in [0.15, 0.2) is 0 Å². The van der Waals surface area contributed by atoms with Crippen LogP contribution in [0.5, 0.6) is 0 Å². The second-order valence-corrected chi connectivity index (χ2v) is 5.55. The van der Waals surface area contributed by atoms with Gasteiger partial charge in [-0.25, -0.2) is 0 Å². The SMILES string of the molecule is CN(C)[C@@H](CNC(=O)[C@@H]1CCCO1)Cc1ccccc1. The molecule has 0 radical (unpaired) electrons. The summed E-state index contributed by atoms with van der Waals surface area (Å²) in [5, 5.41) is 3.02. The zero-order valence-electron chi connectivity index (χ0n) is 12.3. The third-order valence-electron chi connectivity index (χ3n) is 3.78. The van der Waals surface area contributed by atoms with E-state index in [-0.39, 0.29) is 12.0 Å². The Morgan fingerprint density at radius 3 is 2.75 bits per heavy atom. The van der Waals surface area contributed by atoms with Crippen molar-refractivity contribution in [2.24, 2.45) is 0 Å². The Balaban J connectivity index is 1.84. The Kier molecular flexibility index (Phi) is 5.56. The van der Waals surface area contributed by atoms with Crippen LogP contribution in [0.25, 0.3) is 0 Å². The number of likely N-dealkylation sites (N-methyl/N-ethyl adjacent to an activating group) is 1. The van der Waals surface area contributed by atoms with E-state index in [4.69, 9.17) is 4.74 Å². The van der Waals surface area contributed by atoms with E-state index in [1.807, 2.05) is 32.3 Å². The van der Waals surface area contributed by atoms with Crippen molar-refractivity contribution >= 4 is 5.91 Å². The van der Waals surface area contributed by atoms with E-state index in [1.54, 1.807) is 0 Å². The Morgan fingerprint density at radius 1 is 1.40 bits per heavy atom. The average molecular weight is 276 g/mol. The van der Waals surface area contributed by atoms with Crippen molar-refractivity contribution in [1.82, 2.24) is 10.2 Å². The topological polar surface area (TPSA) is 41.6 Å². The van der Waals surface area contributed by atoms with E-state index in [1.165, 1.54) is 5.56 Å². The van der Waals surface area contributed by atoms with Crippen LogP contribution in [0.15, 0.2) is 30.3 Å². The predicted octanol–water partition coefficient (Wildman–Crippen LogP) is 1.45. The largest absolute Gasteiger partial charge is 0.368 e. The number of nitrogens with zero attached hydrogens (tertiary/aromatic N) is 1. The summed E-state index contributed by atoms with van der Waals surface area (Å²) in [5.41, 5.74) is 1.29. The van der Waals surface area contributed by atoms with Crippen LogP contribution in [-0.4, -0.2) is 50.2 Å². The van der Waals surface area contributed by atoms with Crippen LogP contribution in [0.2, 0.25) is 0 Å². The highest BCUT2D eigenvalue weighted by Gasteiger charge is 2.24. The highest BCUT2D eigenvalue weighted by Crippen LogP contribution is 2.12. The number of carbonyl (C=O) groups is 1. The fourth-order valence-corrected chi connectivity index (χ4v) is 2.44. The summed E-state index contributed by atoms with van der Waals surface area (Å²) in [7, 11) is 4.09. The molecule has 1 fully saturated rings. The lowest BCUT2D eigenvalue weighted by atomic mass is 10.1. The quantitative estimate of drug-likeness (QED) is 0.855. The molecule has 0 unspecified atom stereocenters. The number of rotatable bonds is 6. The van der Waals surface area contributed by atoms with Gasteiger partial charge in [0.2, 0.25) is 5.91 Å². The fourth-order valence-electron chi connectivity index (χ4n) is 2.44. The number of amides is 1. The molecular formula is C16H24N2O2. The summed E-state index contributed by atoms with van der Waals surface area (Å²) < 4.78 is 5.40. The molecule has 1 N–H and O–H groups in total. The van der Waals surface area contributed by atoms with Crippen LogP contribution in [0, 0.1) is 0 Å². The molecule has 0 saturated carbocycles. The van der Waals surface area contributed by atoms with Crippen molar-refractivity contribution < 1.29 is 9.53 Å². The molecule has 2 rings (SSSR count). The second kappa shape index (κ2) is 7.41. The molecule has 20 heavy (non-hydrogen) atoms. The lowest BCUT2D eigenvalue weighted by Gasteiger charge is -2.25. The van der Waals surface area contributed by atoms with Crippen LogP contribution < -0.4 is 5.32 Å². The molecule has 1 aromatic rings. The standard InChI is InChI=1S/C16H24N2O2/c1-18(2)14(11-13-7-4-3-5-8-13)12-17-16(19)15-9-6-10-20-15/h3-5,7-8,14-15H,6,9-12H2,1-2H3,(H,17,19)/t14-,15+/m1/s1. The summed E-state index contributed by atoms with van der Waals surface area (Å²) >= 11 is 0. The van der Waals surface area contributed by atoms with Crippen LogP contribution in [0.3, 0.4) is 0 Å². The maximum absolute atomic E-state index is 12.0. The van der Waals surface area contributed by atoms with Gasteiger partial charge in [-0.15, -0.1) is 0 Å². The molecule has 0 spiro atoms. The number of benzene rings is 1. The third kappa shape index (κ3) is 4.32. The second-order valence-electron chi connectivity index (χ2n) is 5.55. The van der Waals surface area contributed by atoms with Gasteiger partial charge in [-0.3, -0.25) is 4.79 Å². The van der Waals surface area contributed by atoms with Crippen molar-refractivity contribution in [2.75, 3.05) is 27.2 Å².